The van der Waals surface area contributed by atoms with Crippen LogP contribution in [0.25, 0.3) is 10.8 Å². The average molecular weight is 411 g/mol. The number of ether oxygens (including phenoxy) is 1. The lowest BCUT2D eigenvalue weighted by atomic mass is 9.63. The molecule has 2 aromatic carbocycles. The molecule has 30 heavy (non-hydrogen) atoms. The van der Waals surface area contributed by atoms with Crippen LogP contribution in [0.2, 0.25) is 0 Å². The Balaban J connectivity index is 1.44. The van der Waals surface area contributed by atoms with Crippen LogP contribution in [0, 0.1) is 23.6 Å². The third-order valence-corrected chi connectivity index (χ3v) is 7.79. The normalized spacial score (nSPS) is 26.4. The fraction of sp³-hybridized carbons (Fsp3) is 0.593. The van der Waals surface area contributed by atoms with Gasteiger partial charge in [-0.2, -0.15) is 0 Å². The van der Waals surface area contributed by atoms with Crippen molar-refractivity contribution in [1.29, 1.82) is 0 Å². The number of hydrogen-bond acceptors (Lipinski definition) is 2. The fourth-order valence-corrected chi connectivity index (χ4v) is 6.07. The summed E-state index contributed by atoms with van der Waals surface area (Å²) in [6.07, 6.45) is 13.7. The van der Waals surface area contributed by atoms with Crippen molar-refractivity contribution >= 4 is 16.7 Å². The van der Waals surface area contributed by atoms with Crippen molar-refractivity contribution in [3.05, 3.63) is 47.3 Å². The van der Waals surface area contributed by atoms with Crippen LogP contribution in [0.5, 0.6) is 0 Å². The molecule has 162 valence electrons. The van der Waals surface area contributed by atoms with E-state index in [9.17, 15) is 9.18 Å². The second-order valence-corrected chi connectivity index (χ2v) is 9.60. The van der Waals surface area contributed by atoms with E-state index in [1.54, 1.807) is 6.07 Å². The standard InChI is InChI=1S/C27H35FO2/c1-3-4-5-6-18-7-8-20-16-21(10-9-19(20)15-18)22-11-13-24-23(17-22)12-14-25(26(24)28)27(29)30-2/h11-14,17-21H,3-10,15-16H2,1-2H3. The number of halogens is 1. The second kappa shape index (κ2) is 9.49. The monoisotopic (exact) mass is 410 g/mol. The van der Waals surface area contributed by atoms with Crippen LogP contribution in [0.4, 0.5) is 4.39 Å². The number of benzene rings is 2. The Morgan fingerprint density at radius 1 is 1.03 bits per heavy atom. The van der Waals surface area contributed by atoms with Crippen LogP contribution >= 0.6 is 0 Å². The van der Waals surface area contributed by atoms with Crippen LogP contribution in [0.1, 0.15) is 93.0 Å². The number of rotatable bonds is 6. The molecule has 0 aromatic heterocycles. The van der Waals surface area contributed by atoms with Gasteiger partial charge in [0.2, 0.25) is 0 Å². The van der Waals surface area contributed by atoms with Gasteiger partial charge < -0.3 is 4.74 Å². The van der Waals surface area contributed by atoms with Crippen molar-refractivity contribution in [2.45, 2.75) is 77.0 Å². The van der Waals surface area contributed by atoms with Crippen molar-refractivity contribution in [1.82, 2.24) is 0 Å². The predicted molar refractivity (Wildman–Crippen MR) is 120 cm³/mol. The minimum atomic E-state index is -0.623. The van der Waals surface area contributed by atoms with Crippen molar-refractivity contribution in [2.75, 3.05) is 7.11 Å². The lowest BCUT2D eigenvalue weighted by Crippen LogP contribution is -2.30. The number of methoxy groups -OCH3 is 1. The molecule has 3 heteroatoms. The molecule has 0 saturated heterocycles. The molecule has 4 rings (SSSR count). The van der Waals surface area contributed by atoms with Gasteiger partial charge in [-0.05, 0) is 72.8 Å². The Morgan fingerprint density at radius 3 is 2.63 bits per heavy atom. The highest BCUT2D eigenvalue weighted by molar-refractivity contribution is 5.96. The first-order valence-corrected chi connectivity index (χ1v) is 11.9. The van der Waals surface area contributed by atoms with Gasteiger partial charge in [0.05, 0.1) is 12.7 Å². The molecule has 0 radical (unpaired) electrons. The van der Waals surface area contributed by atoms with Crippen LogP contribution in [0.3, 0.4) is 0 Å². The van der Waals surface area contributed by atoms with Gasteiger partial charge in [-0.3, -0.25) is 0 Å². The number of esters is 1. The summed E-state index contributed by atoms with van der Waals surface area (Å²) in [4.78, 5) is 11.8. The van der Waals surface area contributed by atoms with E-state index in [0.717, 1.165) is 23.1 Å². The number of unbranched alkanes of at least 4 members (excludes halogenated alkanes) is 2. The van der Waals surface area contributed by atoms with Gasteiger partial charge in [-0.1, -0.05) is 63.3 Å². The molecule has 4 unspecified atom stereocenters. The molecule has 2 saturated carbocycles. The van der Waals surface area contributed by atoms with Crippen LogP contribution in [-0.2, 0) is 4.74 Å². The van der Waals surface area contributed by atoms with E-state index in [0.29, 0.717) is 11.3 Å². The minimum Gasteiger partial charge on any atom is -0.465 e. The van der Waals surface area contributed by atoms with E-state index < -0.39 is 11.8 Å². The number of fused-ring (bicyclic) bond motifs is 2. The predicted octanol–water partition coefficient (Wildman–Crippen LogP) is 7.65. The van der Waals surface area contributed by atoms with Crippen LogP contribution in [0.15, 0.2) is 30.3 Å². The highest BCUT2D eigenvalue weighted by Gasteiger charge is 2.35. The molecule has 2 nitrogen and oxygen atoms in total. The zero-order valence-electron chi connectivity index (χ0n) is 18.5. The summed E-state index contributed by atoms with van der Waals surface area (Å²) >= 11 is 0. The molecular weight excluding hydrogens is 375 g/mol. The Hall–Kier alpha value is -1.90. The summed E-state index contributed by atoms with van der Waals surface area (Å²) in [5.74, 6) is 2.22. The molecule has 4 atom stereocenters. The van der Waals surface area contributed by atoms with E-state index in [4.69, 9.17) is 4.74 Å². The molecule has 0 aliphatic heterocycles. The van der Waals surface area contributed by atoms with Crippen molar-refractivity contribution < 1.29 is 13.9 Å². The maximum Gasteiger partial charge on any atom is 0.340 e. The maximum atomic E-state index is 14.7. The van der Waals surface area contributed by atoms with Crippen molar-refractivity contribution in [2.24, 2.45) is 17.8 Å². The summed E-state index contributed by atoms with van der Waals surface area (Å²) in [5.41, 5.74) is 1.34. The summed E-state index contributed by atoms with van der Waals surface area (Å²) in [6, 6.07) is 9.46. The summed E-state index contributed by atoms with van der Waals surface area (Å²) < 4.78 is 19.4. The Labute approximate surface area is 180 Å². The number of carbonyl (C=O) groups excluding carboxylic acids is 1. The first kappa shape index (κ1) is 21.3. The molecule has 2 fully saturated rings. The van der Waals surface area contributed by atoms with Gasteiger partial charge in [0.15, 0.2) is 0 Å². The average Bonchev–Trinajstić information content (AvgIpc) is 2.78. The smallest absolute Gasteiger partial charge is 0.340 e. The maximum absolute atomic E-state index is 14.7. The van der Waals surface area contributed by atoms with E-state index in [2.05, 4.69) is 19.1 Å². The van der Waals surface area contributed by atoms with Gasteiger partial charge >= 0.3 is 5.97 Å². The third-order valence-electron chi connectivity index (χ3n) is 7.79. The lowest BCUT2D eigenvalue weighted by molar-refractivity contribution is 0.0596. The summed E-state index contributed by atoms with van der Waals surface area (Å²) in [5, 5.41) is 1.38. The fourth-order valence-electron chi connectivity index (χ4n) is 6.07. The SMILES string of the molecule is CCCCCC1CCC2CC(c3ccc4c(F)c(C(=O)OC)ccc4c3)CCC2C1. The lowest BCUT2D eigenvalue weighted by Gasteiger charge is -2.42. The molecule has 0 bridgehead atoms. The Kier molecular flexibility index (Phi) is 6.75. The number of carbonyl (C=O) groups is 1. The first-order valence-electron chi connectivity index (χ1n) is 11.9. The molecular formula is C27H35FO2. The Bertz CT molecular complexity index is 890. The highest BCUT2D eigenvalue weighted by Crippen LogP contribution is 2.48. The van der Waals surface area contributed by atoms with Crippen molar-refractivity contribution in [3.63, 3.8) is 0 Å². The minimum absolute atomic E-state index is 0.00829. The van der Waals surface area contributed by atoms with E-state index in [1.807, 2.05) is 12.1 Å². The van der Waals surface area contributed by atoms with Gasteiger partial charge in [-0.15, -0.1) is 0 Å². The van der Waals surface area contributed by atoms with Gasteiger partial charge in [0.1, 0.15) is 5.82 Å². The topological polar surface area (TPSA) is 26.3 Å². The van der Waals surface area contributed by atoms with Gasteiger partial charge in [0, 0.05) is 5.39 Å². The molecule has 2 aromatic rings. The van der Waals surface area contributed by atoms with Gasteiger partial charge in [-0.25, -0.2) is 9.18 Å². The number of hydrogen-bond donors (Lipinski definition) is 0. The zero-order chi connectivity index (χ0) is 21.1. The largest absolute Gasteiger partial charge is 0.465 e. The first-order chi connectivity index (χ1) is 14.6. The molecule has 2 aliphatic rings. The third kappa shape index (κ3) is 4.40. The second-order valence-electron chi connectivity index (χ2n) is 9.60. The summed E-state index contributed by atoms with van der Waals surface area (Å²) in [7, 11) is 1.28. The quantitative estimate of drug-likeness (QED) is 0.361. The summed E-state index contributed by atoms with van der Waals surface area (Å²) in [6.45, 7) is 2.29. The molecule has 0 N–H and O–H groups in total. The van der Waals surface area contributed by atoms with Gasteiger partial charge in [0.25, 0.3) is 0 Å². The highest BCUT2D eigenvalue weighted by atomic mass is 19.1. The Morgan fingerprint density at radius 2 is 1.83 bits per heavy atom. The van der Waals surface area contributed by atoms with Crippen LogP contribution < -0.4 is 0 Å². The molecule has 0 amide bonds. The van der Waals surface area contributed by atoms with Crippen LogP contribution in [-0.4, -0.2) is 13.1 Å². The van der Waals surface area contributed by atoms with Crippen molar-refractivity contribution in [3.8, 4) is 0 Å². The van der Waals surface area contributed by atoms with E-state index in [-0.39, 0.29) is 5.56 Å². The molecule has 0 heterocycles. The van der Waals surface area contributed by atoms with E-state index >= 15 is 0 Å². The zero-order valence-corrected chi connectivity index (χ0v) is 18.5. The van der Waals surface area contributed by atoms with E-state index in [1.165, 1.54) is 76.9 Å². The molecule has 0 spiro atoms. The molecule has 2 aliphatic carbocycles.